The number of likely N-dealkylation sites (tertiary alicyclic amines) is 1. The van der Waals surface area contributed by atoms with Gasteiger partial charge in [0.25, 0.3) is 5.91 Å². The van der Waals surface area contributed by atoms with E-state index in [2.05, 4.69) is 20.3 Å². The van der Waals surface area contributed by atoms with E-state index in [1.165, 1.54) is 24.8 Å². The Morgan fingerprint density at radius 1 is 1.28 bits per heavy atom. The number of halogens is 1. The SMILES string of the molecule is O=C(c1ccccc1F)N1CC[C@@H](Nc2ncnc3c2ncn3[C@@H]2O[C@H](CO)C[C@H]2O)C1. The van der Waals surface area contributed by atoms with Crippen LogP contribution in [0.15, 0.2) is 36.9 Å². The van der Waals surface area contributed by atoms with Crippen molar-refractivity contribution in [3.63, 3.8) is 0 Å². The molecule has 0 spiro atoms. The first-order chi connectivity index (χ1) is 15.5. The largest absolute Gasteiger partial charge is 0.394 e. The van der Waals surface area contributed by atoms with Crippen LogP contribution in [-0.2, 0) is 4.74 Å². The van der Waals surface area contributed by atoms with Crippen molar-refractivity contribution in [2.45, 2.75) is 37.3 Å². The number of anilines is 1. The van der Waals surface area contributed by atoms with Crippen LogP contribution in [0.3, 0.4) is 0 Å². The second-order valence-corrected chi connectivity index (χ2v) is 8.04. The molecule has 0 radical (unpaired) electrons. The van der Waals surface area contributed by atoms with Crippen molar-refractivity contribution in [1.82, 2.24) is 24.4 Å². The Morgan fingerprint density at radius 2 is 2.12 bits per heavy atom. The van der Waals surface area contributed by atoms with E-state index >= 15 is 0 Å². The minimum absolute atomic E-state index is 0.0626. The van der Waals surface area contributed by atoms with Crippen LogP contribution < -0.4 is 5.32 Å². The van der Waals surface area contributed by atoms with Gasteiger partial charge in [-0.15, -0.1) is 0 Å². The smallest absolute Gasteiger partial charge is 0.256 e. The number of nitrogens with zero attached hydrogens (tertiary/aromatic N) is 5. The highest BCUT2D eigenvalue weighted by atomic mass is 19.1. The Bertz CT molecular complexity index is 1140. The lowest BCUT2D eigenvalue weighted by Gasteiger charge is -2.18. The summed E-state index contributed by atoms with van der Waals surface area (Å²) in [5, 5.41) is 22.9. The summed E-state index contributed by atoms with van der Waals surface area (Å²) in [6, 6.07) is 5.88. The Hall–Kier alpha value is -3.15. The zero-order chi connectivity index (χ0) is 22.2. The molecule has 3 aromatic rings. The molecule has 0 saturated carbocycles. The summed E-state index contributed by atoms with van der Waals surface area (Å²) in [5.74, 6) is -0.364. The van der Waals surface area contributed by atoms with Gasteiger partial charge in [0.2, 0.25) is 0 Å². The molecule has 2 saturated heterocycles. The normalized spacial score (nSPS) is 25.5. The maximum atomic E-state index is 14.0. The predicted octanol–water partition coefficient (Wildman–Crippen LogP) is 0.933. The topological polar surface area (TPSA) is 126 Å². The molecular formula is C21H23FN6O4. The van der Waals surface area contributed by atoms with Gasteiger partial charge in [0.15, 0.2) is 23.2 Å². The molecule has 1 amide bonds. The molecule has 10 nitrogen and oxygen atoms in total. The van der Waals surface area contributed by atoms with Gasteiger partial charge in [-0.2, -0.15) is 0 Å². The number of hydrogen-bond acceptors (Lipinski definition) is 8. The zero-order valence-corrected chi connectivity index (χ0v) is 17.1. The van der Waals surface area contributed by atoms with E-state index < -0.39 is 24.3 Å². The van der Waals surface area contributed by atoms with E-state index in [1.807, 2.05) is 0 Å². The van der Waals surface area contributed by atoms with Crippen LogP contribution in [0.4, 0.5) is 10.2 Å². The molecule has 4 heterocycles. The van der Waals surface area contributed by atoms with Gasteiger partial charge in [0.1, 0.15) is 18.2 Å². The molecule has 2 aliphatic heterocycles. The van der Waals surface area contributed by atoms with Crippen molar-refractivity contribution < 1.29 is 24.1 Å². The summed E-state index contributed by atoms with van der Waals surface area (Å²) in [6.07, 6.45) is 2.00. The summed E-state index contributed by atoms with van der Waals surface area (Å²) in [5.41, 5.74) is 1.06. The van der Waals surface area contributed by atoms with E-state index in [4.69, 9.17) is 4.74 Å². The molecule has 5 rings (SSSR count). The molecule has 3 N–H and O–H groups in total. The van der Waals surface area contributed by atoms with Crippen LogP contribution in [0.2, 0.25) is 0 Å². The van der Waals surface area contributed by atoms with E-state index in [0.717, 1.165) is 0 Å². The summed E-state index contributed by atoms with van der Waals surface area (Å²) < 4.78 is 21.3. The summed E-state index contributed by atoms with van der Waals surface area (Å²) in [7, 11) is 0. The molecule has 1 aromatic carbocycles. The van der Waals surface area contributed by atoms with Gasteiger partial charge in [0.05, 0.1) is 24.6 Å². The predicted molar refractivity (Wildman–Crippen MR) is 111 cm³/mol. The summed E-state index contributed by atoms with van der Waals surface area (Å²) in [6.45, 7) is 0.728. The number of amides is 1. The van der Waals surface area contributed by atoms with Gasteiger partial charge in [-0.3, -0.25) is 9.36 Å². The lowest BCUT2D eigenvalue weighted by atomic mass is 10.2. The maximum absolute atomic E-state index is 14.0. The number of aromatic nitrogens is 4. The van der Waals surface area contributed by atoms with Gasteiger partial charge < -0.3 is 25.2 Å². The second kappa shape index (κ2) is 8.41. The van der Waals surface area contributed by atoms with Crippen LogP contribution in [0.1, 0.15) is 29.4 Å². The van der Waals surface area contributed by atoms with Crippen molar-refractivity contribution in [2.75, 3.05) is 25.0 Å². The fourth-order valence-corrected chi connectivity index (χ4v) is 4.30. The van der Waals surface area contributed by atoms with E-state index in [1.54, 1.807) is 21.6 Å². The first kappa shape index (κ1) is 20.7. The molecule has 0 aliphatic carbocycles. The Labute approximate surface area is 182 Å². The lowest BCUT2D eigenvalue weighted by Crippen LogP contribution is -2.32. The molecular weight excluding hydrogens is 419 g/mol. The zero-order valence-electron chi connectivity index (χ0n) is 17.1. The van der Waals surface area contributed by atoms with E-state index in [9.17, 15) is 19.4 Å². The van der Waals surface area contributed by atoms with E-state index in [-0.39, 0.29) is 24.1 Å². The fourth-order valence-electron chi connectivity index (χ4n) is 4.30. The molecule has 4 atom stereocenters. The molecule has 2 aliphatic rings. The van der Waals surface area contributed by atoms with Crippen molar-refractivity contribution >= 4 is 22.9 Å². The molecule has 168 valence electrons. The van der Waals surface area contributed by atoms with Crippen LogP contribution in [0.25, 0.3) is 11.2 Å². The molecule has 2 fully saturated rings. The lowest BCUT2D eigenvalue weighted by molar-refractivity contribution is -0.0486. The number of fused-ring (bicyclic) bond motifs is 1. The second-order valence-electron chi connectivity index (χ2n) is 8.04. The Balaban J connectivity index is 1.32. The number of carbonyl (C=O) groups excluding carboxylic acids is 1. The minimum Gasteiger partial charge on any atom is -0.394 e. The maximum Gasteiger partial charge on any atom is 0.256 e. The van der Waals surface area contributed by atoms with Crippen LogP contribution in [-0.4, -0.2) is 78.5 Å². The third-order valence-corrected chi connectivity index (χ3v) is 5.92. The highest BCUT2D eigenvalue weighted by molar-refractivity contribution is 5.94. The van der Waals surface area contributed by atoms with E-state index in [0.29, 0.717) is 42.9 Å². The number of benzene rings is 1. The summed E-state index contributed by atoms with van der Waals surface area (Å²) >= 11 is 0. The standard InChI is InChI=1S/C21H23FN6O4/c22-15-4-2-1-3-14(15)20(31)27-6-5-12(8-27)26-18-17-19(24-10-23-18)28(11-25-17)21-16(30)7-13(9-29)32-21/h1-4,10-13,16,21,29-30H,5-9H2,(H,23,24,26)/t12-,13+,16-,21-/m1/s1. The van der Waals surface area contributed by atoms with Gasteiger partial charge in [0, 0.05) is 25.6 Å². The Morgan fingerprint density at radius 3 is 2.91 bits per heavy atom. The van der Waals surface area contributed by atoms with Crippen LogP contribution in [0, 0.1) is 5.82 Å². The third-order valence-electron chi connectivity index (χ3n) is 5.92. The number of hydrogen-bond donors (Lipinski definition) is 3. The number of nitrogens with one attached hydrogen (secondary N) is 1. The number of aliphatic hydroxyl groups is 2. The van der Waals surface area contributed by atoms with Gasteiger partial charge >= 0.3 is 0 Å². The summed E-state index contributed by atoms with van der Waals surface area (Å²) in [4.78, 5) is 27.3. The van der Waals surface area contributed by atoms with Crippen molar-refractivity contribution in [3.05, 3.63) is 48.3 Å². The number of imidazole rings is 1. The number of carbonyl (C=O) groups is 1. The number of aliphatic hydroxyl groups excluding tert-OH is 2. The molecule has 32 heavy (non-hydrogen) atoms. The molecule has 11 heteroatoms. The van der Waals surface area contributed by atoms with Crippen molar-refractivity contribution in [1.29, 1.82) is 0 Å². The number of rotatable bonds is 5. The average Bonchev–Trinajstić information content (AvgIpc) is 3.52. The highest BCUT2D eigenvalue weighted by Crippen LogP contribution is 2.32. The number of ether oxygens (including phenoxy) is 1. The van der Waals surface area contributed by atoms with Crippen LogP contribution in [0.5, 0.6) is 0 Å². The van der Waals surface area contributed by atoms with Gasteiger partial charge in [-0.25, -0.2) is 19.3 Å². The third kappa shape index (κ3) is 3.68. The van der Waals surface area contributed by atoms with Gasteiger partial charge in [-0.1, -0.05) is 12.1 Å². The van der Waals surface area contributed by atoms with Crippen LogP contribution >= 0.6 is 0 Å². The van der Waals surface area contributed by atoms with Crippen molar-refractivity contribution in [2.24, 2.45) is 0 Å². The first-order valence-electron chi connectivity index (χ1n) is 10.5. The molecule has 0 unspecified atom stereocenters. The fraction of sp³-hybridized carbons (Fsp3) is 0.429. The molecule has 2 aromatic heterocycles. The quantitative estimate of drug-likeness (QED) is 0.533. The average molecular weight is 442 g/mol. The highest BCUT2D eigenvalue weighted by Gasteiger charge is 2.36. The van der Waals surface area contributed by atoms with Gasteiger partial charge in [-0.05, 0) is 18.6 Å². The monoisotopic (exact) mass is 442 g/mol. The minimum atomic E-state index is -0.788. The van der Waals surface area contributed by atoms with Crippen molar-refractivity contribution in [3.8, 4) is 0 Å². The Kier molecular flexibility index (Phi) is 5.45. The first-order valence-corrected chi connectivity index (χ1v) is 10.5. The molecule has 0 bridgehead atoms.